The van der Waals surface area contributed by atoms with E-state index in [-0.39, 0.29) is 17.2 Å². The fraction of sp³-hybridized carbons (Fsp3) is 0.136. The van der Waals surface area contributed by atoms with Crippen molar-refractivity contribution in [2.45, 2.75) is 13.0 Å². The van der Waals surface area contributed by atoms with Crippen LogP contribution in [0.15, 0.2) is 68.2 Å². The minimum absolute atomic E-state index is 0.0527. The van der Waals surface area contributed by atoms with Gasteiger partial charge in [0.25, 0.3) is 5.91 Å². The second kappa shape index (κ2) is 7.27. The molecule has 1 amide bonds. The zero-order chi connectivity index (χ0) is 20.5. The SMILES string of the molecule is COc1ccc(C(C)NC(=O)c2cc3c(ccc4ccc(=O)oc43)oc2=N)cc1. The van der Waals surface area contributed by atoms with E-state index in [9.17, 15) is 9.59 Å². The lowest BCUT2D eigenvalue weighted by atomic mass is 10.1. The Kier molecular flexibility index (Phi) is 4.64. The van der Waals surface area contributed by atoms with E-state index < -0.39 is 11.5 Å². The first-order valence-electron chi connectivity index (χ1n) is 8.96. The lowest BCUT2D eigenvalue weighted by Crippen LogP contribution is -2.30. The highest BCUT2D eigenvalue weighted by Crippen LogP contribution is 2.24. The molecule has 0 bridgehead atoms. The zero-order valence-electron chi connectivity index (χ0n) is 15.8. The van der Waals surface area contributed by atoms with Crippen LogP contribution < -0.4 is 21.2 Å². The maximum Gasteiger partial charge on any atom is 0.336 e. The zero-order valence-corrected chi connectivity index (χ0v) is 15.8. The molecule has 4 aromatic rings. The summed E-state index contributed by atoms with van der Waals surface area (Å²) in [7, 11) is 1.59. The van der Waals surface area contributed by atoms with E-state index in [1.807, 2.05) is 31.2 Å². The molecule has 4 rings (SSSR count). The standard InChI is InChI=1S/C22H18N2O5/c1-12(13-3-7-15(27-2)8-4-13)24-22(26)17-11-16-18(28-21(17)23)9-5-14-6-10-19(25)29-20(14)16/h3-12,23H,1-2H3,(H,24,26). The number of carbonyl (C=O) groups is 1. The molecule has 0 aliphatic rings. The molecule has 0 radical (unpaired) electrons. The van der Waals surface area contributed by atoms with Crippen LogP contribution in [-0.4, -0.2) is 13.0 Å². The molecule has 1 atom stereocenters. The molecule has 0 fully saturated rings. The van der Waals surface area contributed by atoms with Crippen molar-refractivity contribution in [1.29, 1.82) is 5.41 Å². The van der Waals surface area contributed by atoms with Gasteiger partial charge in [-0.1, -0.05) is 12.1 Å². The molecular formula is C22H18N2O5. The third-order valence-electron chi connectivity index (χ3n) is 4.74. The number of rotatable bonds is 4. The number of nitrogens with one attached hydrogen (secondary N) is 2. The smallest absolute Gasteiger partial charge is 0.336 e. The summed E-state index contributed by atoms with van der Waals surface area (Å²) in [5, 5.41) is 12.1. The van der Waals surface area contributed by atoms with Gasteiger partial charge in [0.05, 0.1) is 18.5 Å². The molecule has 0 spiro atoms. The maximum atomic E-state index is 12.8. The van der Waals surface area contributed by atoms with E-state index in [2.05, 4.69) is 5.32 Å². The highest BCUT2D eigenvalue weighted by atomic mass is 16.5. The van der Waals surface area contributed by atoms with Crippen molar-refractivity contribution in [1.82, 2.24) is 5.32 Å². The van der Waals surface area contributed by atoms with Gasteiger partial charge in [-0.3, -0.25) is 10.2 Å². The van der Waals surface area contributed by atoms with Crippen LogP contribution in [0.5, 0.6) is 5.75 Å². The van der Waals surface area contributed by atoms with Crippen LogP contribution in [0, 0.1) is 5.41 Å². The fourth-order valence-corrected chi connectivity index (χ4v) is 3.16. The molecule has 0 saturated heterocycles. The second-order valence-corrected chi connectivity index (χ2v) is 6.61. The van der Waals surface area contributed by atoms with Gasteiger partial charge in [0.1, 0.15) is 22.5 Å². The summed E-state index contributed by atoms with van der Waals surface area (Å²) in [6.07, 6.45) is 0. The van der Waals surface area contributed by atoms with Crippen molar-refractivity contribution in [2.24, 2.45) is 0 Å². The molecule has 2 aromatic heterocycles. The maximum absolute atomic E-state index is 12.8. The molecular weight excluding hydrogens is 372 g/mol. The van der Waals surface area contributed by atoms with Gasteiger partial charge in [-0.15, -0.1) is 0 Å². The van der Waals surface area contributed by atoms with E-state index in [0.29, 0.717) is 21.9 Å². The van der Waals surface area contributed by atoms with Crippen LogP contribution >= 0.6 is 0 Å². The Labute approximate surface area is 165 Å². The van der Waals surface area contributed by atoms with Crippen LogP contribution in [-0.2, 0) is 0 Å². The summed E-state index contributed by atoms with van der Waals surface area (Å²) < 4.78 is 16.0. The van der Waals surface area contributed by atoms with Crippen LogP contribution in [0.2, 0.25) is 0 Å². The number of benzene rings is 2. The molecule has 2 heterocycles. The van der Waals surface area contributed by atoms with E-state index in [1.54, 1.807) is 25.3 Å². The number of carbonyl (C=O) groups excluding carboxylic acids is 1. The molecule has 29 heavy (non-hydrogen) atoms. The number of fused-ring (bicyclic) bond motifs is 3. The van der Waals surface area contributed by atoms with E-state index in [0.717, 1.165) is 11.3 Å². The van der Waals surface area contributed by atoms with Crippen LogP contribution in [0.25, 0.3) is 21.9 Å². The Morgan fingerprint density at radius 2 is 1.79 bits per heavy atom. The molecule has 0 aliphatic heterocycles. The largest absolute Gasteiger partial charge is 0.497 e. The first kappa shape index (κ1) is 18.5. The van der Waals surface area contributed by atoms with Gasteiger partial charge in [0, 0.05) is 11.5 Å². The van der Waals surface area contributed by atoms with Gasteiger partial charge in [-0.25, -0.2) is 4.79 Å². The monoisotopic (exact) mass is 390 g/mol. The Hall–Kier alpha value is -3.87. The number of ether oxygens (including phenoxy) is 1. The molecule has 0 saturated carbocycles. The summed E-state index contributed by atoms with van der Waals surface area (Å²) in [4.78, 5) is 24.4. The van der Waals surface area contributed by atoms with Gasteiger partial charge in [0.2, 0.25) is 5.55 Å². The summed E-state index contributed by atoms with van der Waals surface area (Å²) in [5.41, 5.74) is 0.845. The minimum Gasteiger partial charge on any atom is -0.497 e. The van der Waals surface area contributed by atoms with Crippen molar-refractivity contribution >= 4 is 27.8 Å². The highest BCUT2D eigenvalue weighted by Gasteiger charge is 2.17. The van der Waals surface area contributed by atoms with Gasteiger partial charge in [0.15, 0.2) is 0 Å². The van der Waals surface area contributed by atoms with Crippen LogP contribution in [0.1, 0.15) is 28.9 Å². The number of amides is 1. The molecule has 0 aliphatic carbocycles. The Balaban J connectivity index is 1.72. The summed E-state index contributed by atoms with van der Waals surface area (Å²) in [6.45, 7) is 1.84. The molecule has 7 heteroatoms. The second-order valence-electron chi connectivity index (χ2n) is 6.61. The molecule has 146 valence electrons. The van der Waals surface area contributed by atoms with Gasteiger partial charge < -0.3 is 18.9 Å². The Morgan fingerprint density at radius 1 is 1.07 bits per heavy atom. The van der Waals surface area contributed by atoms with Crippen molar-refractivity contribution in [3.63, 3.8) is 0 Å². The van der Waals surface area contributed by atoms with E-state index in [1.165, 1.54) is 12.1 Å². The molecule has 2 aromatic carbocycles. The third-order valence-corrected chi connectivity index (χ3v) is 4.74. The predicted octanol–water partition coefficient (Wildman–Crippen LogP) is 3.52. The topological polar surface area (TPSA) is 106 Å². The van der Waals surface area contributed by atoms with Gasteiger partial charge >= 0.3 is 5.63 Å². The third kappa shape index (κ3) is 3.50. The highest BCUT2D eigenvalue weighted by molar-refractivity contribution is 6.05. The summed E-state index contributed by atoms with van der Waals surface area (Å²) in [5.74, 6) is 0.265. The Bertz CT molecular complexity index is 1340. The fourth-order valence-electron chi connectivity index (χ4n) is 3.16. The lowest BCUT2D eigenvalue weighted by Gasteiger charge is -2.15. The van der Waals surface area contributed by atoms with Crippen LogP contribution in [0.4, 0.5) is 0 Å². The number of methoxy groups -OCH3 is 1. The van der Waals surface area contributed by atoms with Gasteiger partial charge in [-0.2, -0.15) is 0 Å². The first-order chi connectivity index (χ1) is 14.0. The predicted molar refractivity (Wildman–Crippen MR) is 107 cm³/mol. The normalized spacial score (nSPS) is 12.1. The molecule has 1 unspecified atom stereocenters. The number of hydrogen-bond donors (Lipinski definition) is 2. The quantitative estimate of drug-likeness (QED) is 0.410. The van der Waals surface area contributed by atoms with Crippen molar-refractivity contribution in [2.75, 3.05) is 7.11 Å². The minimum atomic E-state index is -0.501. The molecule has 2 N–H and O–H groups in total. The summed E-state index contributed by atoms with van der Waals surface area (Å²) in [6, 6.07) is 14.9. The van der Waals surface area contributed by atoms with Crippen molar-refractivity contribution < 1.29 is 18.4 Å². The van der Waals surface area contributed by atoms with Crippen molar-refractivity contribution in [3.05, 3.63) is 81.7 Å². The summed E-state index contributed by atoms with van der Waals surface area (Å²) >= 11 is 0. The number of hydrogen-bond acceptors (Lipinski definition) is 6. The first-order valence-corrected chi connectivity index (χ1v) is 8.96. The lowest BCUT2D eigenvalue weighted by molar-refractivity contribution is 0.0935. The van der Waals surface area contributed by atoms with Crippen molar-refractivity contribution in [3.8, 4) is 5.75 Å². The molecule has 7 nitrogen and oxygen atoms in total. The Morgan fingerprint density at radius 3 is 2.52 bits per heavy atom. The average molecular weight is 390 g/mol. The van der Waals surface area contributed by atoms with E-state index in [4.69, 9.17) is 19.0 Å². The van der Waals surface area contributed by atoms with Crippen LogP contribution in [0.3, 0.4) is 0 Å². The van der Waals surface area contributed by atoms with Gasteiger partial charge in [-0.05, 0) is 48.9 Å². The average Bonchev–Trinajstić information content (AvgIpc) is 2.73. The van der Waals surface area contributed by atoms with E-state index >= 15 is 0 Å².